The van der Waals surface area contributed by atoms with Crippen LogP contribution in [0.15, 0.2) is 6.07 Å². The molecule has 1 amide bonds. The lowest BCUT2D eigenvalue weighted by Gasteiger charge is -2.29. The molecule has 0 aromatic carbocycles. The summed E-state index contributed by atoms with van der Waals surface area (Å²) in [6.07, 6.45) is 5.11. The third-order valence-electron chi connectivity index (χ3n) is 5.40. The molecule has 0 spiro atoms. The molecule has 1 saturated carbocycles. The van der Waals surface area contributed by atoms with Crippen LogP contribution < -0.4 is 5.32 Å². The molecule has 0 unspecified atom stereocenters. The lowest BCUT2D eigenvalue weighted by Crippen LogP contribution is -2.41. The Morgan fingerprint density at radius 1 is 1.15 bits per heavy atom. The number of hydrogen-bond acceptors (Lipinski definition) is 4. The maximum Gasteiger partial charge on any atom is 0.251 e. The molecular formula is C20H29N5O. The Hall–Kier alpha value is -2.24. The average molecular weight is 355 g/mol. The van der Waals surface area contributed by atoms with Crippen LogP contribution in [0, 0.1) is 33.6 Å². The quantitative estimate of drug-likeness (QED) is 0.914. The number of carbonyl (C=O) groups excluding carboxylic acids is 1. The van der Waals surface area contributed by atoms with Crippen molar-refractivity contribution in [2.75, 3.05) is 0 Å². The molecule has 2 heterocycles. The number of aryl methyl sites for hydroxylation is 3. The summed E-state index contributed by atoms with van der Waals surface area (Å²) in [5, 5.41) is 7.82. The first-order valence-corrected chi connectivity index (χ1v) is 9.52. The van der Waals surface area contributed by atoms with Gasteiger partial charge in [0.1, 0.15) is 0 Å². The van der Waals surface area contributed by atoms with Gasteiger partial charge in [0.15, 0.2) is 0 Å². The van der Waals surface area contributed by atoms with E-state index in [1.54, 1.807) is 4.68 Å². The summed E-state index contributed by atoms with van der Waals surface area (Å²) in [4.78, 5) is 21.6. The molecule has 1 aliphatic carbocycles. The molecule has 6 heteroatoms. The van der Waals surface area contributed by atoms with Gasteiger partial charge in [0.05, 0.1) is 12.1 Å². The summed E-state index contributed by atoms with van der Waals surface area (Å²) < 4.78 is 1.75. The van der Waals surface area contributed by atoms with Crippen molar-refractivity contribution in [3.05, 3.63) is 34.4 Å². The Morgan fingerprint density at radius 2 is 1.81 bits per heavy atom. The van der Waals surface area contributed by atoms with Crippen molar-refractivity contribution in [3.63, 3.8) is 0 Å². The molecule has 0 saturated heterocycles. The van der Waals surface area contributed by atoms with Crippen molar-refractivity contribution in [1.29, 1.82) is 0 Å². The van der Waals surface area contributed by atoms with Gasteiger partial charge in [0.25, 0.3) is 5.95 Å². The molecule has 0 aliphatic heterocycles. The molecule has 1 aliphatic rings. The first-order valence-electron chi connectivity index (χ1n) is 9.52. The Bertz CT molecular complexity index is 791. The Labute approximate surface area is 155 Å². The molecule has 2 atom stereocenters. The second-order valence-electron chi connectivity index (χ2n) is 7.62. The Morgan fingerprint density at radius 3 is 2.46 bits per heavy atom. The van der Waals surface area contributed by atoms with E-state index in [1.165, 1.54) is 19.3 Å². The lowest BCUT2D eigenvalue weighted by atomic mass is 9.86. The van der Waals surface area contributed by atoms with E-state index in [-0.39, 0.29) is 5.91 Å². The Balaban J connectivity index is 1.78. The van der Waals surface area contributed by atoms with Crippen molar-refractivity contribution in [3.8, 4) is 5.95 Å². The predicted octanol–water partition coefficient (Wildman–Crippen LogP) is 3.13. The van der Waals surface area contributed by atoms with Crippen molar-refractivity contribution in [2.45, 2.75) is 72.8 Å². The number of amides is 1. The van der Waals surface area contributed by atoms with Crippen LogP contribution in [0.2, 0.25) is 0 Å². The van der Waals surface area contributed by atoms with Crippen LogP contribution in [-0.2, 0) is 11.2 Å². The highest BCUT2D eigenvalue weighted by Gasteiger charge is 2.24. The molecule has 1 fully saturated rings. The van der Waals surface area contributed by atoms with E-state index in [0.717, 1.165) is 34.8 Å². The highest BCUT2D eigenvalue weighted by Crippen LogP contribution is 2.24. The minimum absolute atomic E-state index is 0.0795. The highest BCUT2D eigenvalue weighted by molar-refractivity contribution is 5.79. The average Bonchev–Trinajstić information content (AvgIpc) is 2.84. The summed E-state index contributed by atoms with van der Waals surface area (Å²) in [5.74, 6) is 1.20. The first-order chi connectivity index (χ1) is 12.3. The van der Waals surface area contributed by atoms with Gasteiger partial charge in [-0.1, -0.05) is 19.8 Å². The van der Waals surface area contributed by atoms with E-state index < -0.39 is 0 Å². The lowest BCUT2D eigenvalue weighted by molar-refractivity contribution is -0.121. The number of rotatable bonds is 4. The zero-order chi connectivity index (χ0) is 18.8. The van der Waals surface area contributed by atoms with Gasteiger partial charge in [-0.15, -0.1) is 0 Å². The normalized spacial score (nSPS) is 20.2. The van der Waals surface area contributed by atoms with Gasteiger partial charge in [0.2, 0.25) is 5.91 Å². The van der Waals surface area contributed by atoms with E-state index >= 15 is 0 Å². The van der Waals surface area contributed by atoms with Crippen molar-refractivity contribution >= 4 is 5.91 Å². The number of carbonyl (C=O) groups is 1. The molecule has 2 aromatic rings. The van der Waals surface area contributed by atoms with Crippen LogP contribution >= 0.6 is 0 Å². The molecule has 6 nitrogen and oxygen atoms in total. The van der Waals surface area contributed by atoms with Gasteiger partial charge in [-0.05, 0) is 52.5 Å². The van der Waals surface area contributed by atoms with Gasteiger partial charge in [-0.25, -0.2) is 14.6 Å². The summed E-state index contributed by atoms with van der Waals surface area (Å²) in [6.45, 7) is 10.0. The second-order valence-corrected chi connectivity index (χ2v) is 7.62. The van der Waals surface area contributed by atoms with Crippen molar-refractivity contribution in [1.82, 2.24) is 25.1 Å². The number of nitrogens with one attached hydrogen (secondary N) is 1. The minimum Gasteiger partial charge on any atom is -0.353 e. The van der Waals surface area contributed by atoms with Gasteiger partial charge in [-0.2, -0.15) is 5.10 Å². The molecule has 26 heavy (non-hydrogen) atoms. The largest absolute Gasteiger partial charge is 0.353 e. The SMILES string of the molecule is Cc1cc(C)nc(-n2nc(C)c(CC(=O)N[C@H]3CCCC[C@H]3C)c2C)n1. The summed E-state index contributed by atoms with van der Waals surface area (Å²) >= 11 is 0. The van der Waals surface area contributed by atoms with Crippen LogP contribution in [0.25, 0.3) is 5.95 Å². The summed E-state index contributed by atoms with van der Waals surface area (Å²) in [5.41, 5.74) is 4.57. The molecular weight excluding hydrogens is 326 g/mol. The molecule has 140 valence electrons. The molecule has 3 rings (SSSR count). The fourth-order valence-corrected chi connectivity index (χ4v) is 3.88. The monoisotopic (exact) mass is 355 g/mol. The van der Waals surface area contributed by atoms with E-state index in [9.17, 15) is 4.79 Å². The van der Waals surface area contributed by atoms with Gasteiger partial charge in [0, 0.05) is 28.7 Å². The van der Waals surface area contributed by atoms with Crippen LogP contribution in [0.5, 0.6) is 0 Å². The van der Waals surface area contributed by atoms with Gasteiger partial charge >= 0.3 is 0 Å². The number of aromatic nitrogens is 4. The smallest absolute Gasteiger partial charge is 0.251 e. The molecule has 0 radical (unpaired) electrons. The van der Waals surface area contributed by atoms with Crippen LogP contribution in [0.3, 0.4) is 0 Å². The molecule has 1 N–H and O–H groups in total. The van der Waals surface area contributed by atoms with E-state index in [0.29, 0.717) is 24.3 Å². The summed E-state index contributed by atoms with van der Waals surface area (Å²) in [6, 6.07) is 2.24. The van der Waals surface area contributed by atoms with Crippen LogP contribution in [0.1, 0.15) is 60.9 Å². The van der Waals surface area contributed by atoms with E-state index in [2.05, 4.69) is 27.3 Å². The van der Waals surface area contributed by atoms with E-state index in [4.69, 9.17) is 0 Å². The van der Waals surface area contributed by atoms with Crippen LogP contribution in [0.4, 0.5) is 0 Å². The predicted molar refractivity (Wildman–Crippen MR) is 101 cm³/mol. The fraction of sp³-hybridized carbons (Fsp3) is 0.600. The third-order valence-corrected chi connectivity index (χ3v) is 5.40. The third kappa shape index (κ3) is 3.94. The Kier molecular flexibility index (Phi) is 5.39. The topological polar surface area (TPSA) is 72.7 Å². The van der Waals surface area contributed by atoms with Crippen LogP contribution in [-0.4, -0.2) is 31.7 Å². The van der Waals surface area contributed by atoms with Gasteiger partial charge in [-0.3, -0.25) is 4.79 Å². The van der Waals surface area contributed by atoms with Crippen molar-refractivity contribution < 1.29 is 4.79 Å². The van der Waals surface area contributed by atoms with Gasteiger partial charge < -0.3 is 5.32 Å². The highest BCUT2D eigenvalue weighted by atomic mass is 16.1. The molecule has 2 aromatic heterocycles. The van der Waals surface area contributed by atoms with Crippen molar-refractivity contribution in [2.24, 2.45) is 5.92 Å². The minimum atomic E-state index is 0.0795. The number of nitrogens with zero attached hydrogens (tertiary/aromatic N) is 4. The maximum atomic E-state index is 12.6. The standard InChI is InChI=1S/C20H29N5O/c1-12-8-6-7-9-18(12)23-19(26)11-17-15(4)24-25(16(17)5)20-21-13(2)10-14(3)22-20/h10,12,18H,6-9,11H2,1-5H3,(H,23,26)/t12-,18+/m1/s1. The fourth-order valence-electron chi connectivity index (χ4n) is 3.88. The summed E-state index contributed by atoms with van der Waals surface area (Å²) in [7, 11) is 0. The first kappa shape index (κ1) is 18.5. The maximum absolute atomic E-state index is 12.6. The number of hydrogen-bond donors (Lipinski definition) is 1. The molecule has 0 bridgehead atoms. The second kappa shape index (κ2) is 7.56. The van der Waals surface area contributed by atoms with E-state index in [1.807, 2.05) is 33.8 Å². The zero-order valence-corrected chi connectivity index (χ0v) is 16.5. The zero-order valence-electron chi connectivity index (χ0n) is 16.5.